The number of hydrogen-bond donors (Lipinski definition) is 3. The minimum absolute atomic E-state index is 0.00441. The van der Waals surface area contributed by atoms with Crippen molar-refractivity contribution in [3.8, 4) is 17.2 Å². The highest BCUT2D eigenvalue weighted by atomic mass is 16.5. The predicted octanol–water partition coefficient (Wildman–Crippen LogP) is 9.73. The summed E-state index contributed by atoms with van der Waals surface area (Å²) in [6.45, 7) is 3.64. The summed E-state index contributed by atoms with van der Waals surface area (Å²) in [6, 6.07) is 33.2. The number of ether oxygens (including phenoxy) is 2. The van der Waals surface area contributed by atoms with Crippen LogP contribution >= 0.6 is 0 Å². The summed E-state index contributed by atoms with van der Waals surface area (Å²) in [6.07, 6.45) is 1.73. The number of phenols is 1. The number of phenolic OH excluding ortho intramolecular Hbond substituents is 1. The first-order chi connectivity index (χ1) is 25.7. The van der Waals surface area contributed by atoms with E-state index in [1.54, 1.807) is 97.3 Å². The summed E-state index contributed by atoms with van der Waals surface area (Å²) in [4.78, 5) is 39.0. The highest BCUT2D eigenvalue weighted by Gasteiger charge is 2.22. The molecule has 0 spiro atoms. The lowest BCUT2D eigenvalue weighted by Crippen LogP contribution is -2.12. The van der Waals surface area contributed by atoms with E-state index in [0.29, 0.717) is 50.8 Å². The van der Waals surface area contributed by atoms with E-state index in [-0.39, 0.29) is 28.8 Å². The minimum atomic E-state index is -0.296. The number of benzene rings is 6. The Labute approximate surface area is 305 Å². The number of aromatic hydroxyl groups is 1. The molecule has 0 fully saturated rings. The van der Waals surface area contributed by atoms with Gasteiger partial charge in [0, 0.05) is 51.5 Å². The molecule has 0 saturated heterocycles. The topological polar surface area (TPSA) is 167 Å². The molecule has 0 aliphatic carbocycles. The summed E-state index contributed by atoms with van der Waals surface area (Å²) in [7, 11) is 2.96. The number of aryl methyl sites for hydroxylation is 2. The molecule has 53 heavy (non-hydrogen) atoms. The minimum Gasteiger partial charge on any atom is -0.494 e. The fraction of sp³-hybridized carbons (Fsp3) is 0.0976. The summed E-state index contributed by atoms with van der Waals surface area (Å²) in [5.74, 6) is 0.0313. The molecule has 12 nitrogen and oxygen atoms in total. The molecule has 262 valence electrons. The van der Waals surface area contributed by atoms with E-state index in [4.69, 9.17) is 14.9 Å². The van der Waals surface area contributed by atoms with Gasteiger partial charge in [0.1, 0.15) is 11.4 Å². The molecule has 12 heteroatoms. The lowest BCUT2D eigenvalue weighted by molar-refractivity contribution is 0.101. The summed E-state index contributed by atoms with van der Waals surface area (Å²) < 4.78 is 10.6. The molecule has 0 saturated carbocycles. The number of hydrogen-bond acceptors (Lipinski definition) is 9. The maximum absolute atomic E-state index is 12.5. The van der Waals surface area contributed by atoms with Crippen LogP contribution in [0.3, 0.4) is 0 Å². The zero-order chi connectivity index (χ0) is 37.9. The number of methoxy groups -OCH3 is 2. The van der Waals surface area contributed by atoms with Crippen LogP contribution in [0.5, 0.6) is 17.2 Å². The number of diazo groups is 1. The maximum atomic E-state index is 12.5. The first-order valence-corrected chi connectivity index (χ1v) is 16.2. The van der Waals surface area contributed by atoms with E-state index in [0.717, 1.165) is 16.5 Å². The van der Waals surface area contributed by atoms with Crippen LogP contribution in [0.25, 0.3) is 15.7 Å². The van der Waals surface area contributed by atoms with Crippen molar-refractivity contribution in [1.29, 1.82) is 5.39 Å². The van der Waals surface area contributed by atoms with Crippen LogP contribution in [0.2, 0.25) is 0 Å². The van der Waals surface area contributed by atoms with Crippen LogP contribution in [-0.4, -0.2) is 37.4 Å². The van der Waals surface area contributed by atoms with Gasteiger partial charge in [-0.2, -0.15) is 0 Å². The Hall–Kier alpha value is -7.48. The first-order valence-electron chi connectivity index (χ1n) is 16.2. The van der Waals surface area contributed by atoms with E-state index in [1.165, 1.54) is 14.2 Å². The number of amides is 2. The van der Waals surface area contributed by atoms with Gasteiger partial charge in [0.25, 0.3) is 23.1 Å². The molecule has 0 atom stereocenters. The second-order valence-electron chi connectivity index (χ2n) is 11.6. The van der Waals surface area contributed by atoms with Gasteiger partial charge >= 0.3 is 12.0 Å². The third-order valence-electron chi connectivity index (χ3n) is 8.09. The van der Waals surface area contributed by atoms with Gasteiger partial charge in [0.05, 0.1) is 20.3 Å². The molecule has 0 bridgehead atoms. The second-order valence-corrected chi connectivity index (χ2v) is 11.6. The second kappa shape index (κ2) is 17.0. The first kappa shape index (κ1) is 36.8. The average molecular weight is 707 g/mol. The number of azo groups is 1. The van der Waals surface area contributed by atoms with Crippen molar-refractivity contribution in [3.63, 3.8) is 0 Å². The molecule has 0 unspecified atom stereocenters. The van der Waals surface area contributed by atoms with Gasteiger partial charge in [-0.15, -0.1) is 15.0 Å². The number of carbonyl (C=O) groups is 2. The lowest BCUT2D eigenvalue weighted by Gasteiger charge is -2.12. The van der Waals surface area contributed by atoms with Crippen molar-refractivity contribution in [1.82, 2.24) is 0 Å². The van der Waals surface area contributed by atoms with Gasteiger partial charge < -0.3 is 25.2 Å². The molecule has 6 aromatic carbocycles. The van der Waals surface area contributed by atoms with Gasteiger partial charge in [-0.25, -0.2) is 0 Å². The number of nitrogens with zero attached hydrogens (tertiary/aromatic N) is 4. The van der Waals surface area contributed by atoms with Crippen LogP contribution in [0, 0.1) is 19.2 Å². The number of rotatable bonds is 9. The highest BCUT2D eigenvalue weighted by molar-refractivity contribution is 6.06. The van der Waals surface area contributed by atoms with Crippen molar-refractivity contribution in [3.05, 3.63) is 148 Å². The van der Waals surface area contributed by atoms with Crippen LogP contribution in [0.15, 0.2) is 125 Å². The Morgan fingerprint density at radius 1 is 0.717 bits per heavy atom. The van der Waals surface area contributed by atoms with Crippen molar-refractivity contribution >= 4 is 57.3 Å². The quantitative estimate of drug-likeness (QED) is 0.0764. The molecular weight excluding hydrogens is 672 g/mol. The normalized spacial score (nSPS) is 10.4. The highest BCUT2D eigenvalue weighted by Crippen LogP contribution is 2.41. The van der Waals surface area contributed by atoms with Crippen molar-refractivity contribution in [2.75, 3.05) is 24.9 Å². The van der Waals surface area contributed by atoms with Crippen LogP contribution < -0.4 is 20.1 Å². The monoisotopic (exact) mass is 706 g/mol. The third kappa shape index (κ3) is 8.64. The molecule has 6 rings (SSSR count). The average Bonchev–Trinajstić information content (AvgIpc) is 3.19. The van der Waals surface area contributed by atoms with Crippen LogP contribution in [-0.2, 0) is 4.79 Å². The van der Waals surface area contributed by atoms with Crippen molar-refractivity contribution in [2.24, 2.45) is 10.2 Å². The zero-order valence-electron chi connectivity index (χ0n) is 29.2. The van der Waals surface area contributed by atoms with Gasteiger partial charge in [0.2, 0.25) is 11.1 Å². The number of nitrogens with one attached hydrogen (secondary N) is 2. The van der Waals surface area contributed by atoms with Gasteiger partial charge in [-0.1, -0.05) is 48.5 Å². The molecule has 0 aromatic heterocycles. The van der Waals surface area contributed by atoms with E-state index < -0.39 is 0 Å². The largest absolute Gasteiger partial charge is 0.494 e. The Balaban J connectivity index is 0.000000231. The molecule has 0 aliphatic rings. The van der Waals surface area contributed by atoms with Crippen molar-refractivity contribution < 1.29 is 29.0 Å². The third-order valence-corrected chi connectivity index (χ3v) is 8.09. The molecule has 2 amide bonds. The molecule has 0 aliphatic heterocycles. The van der Waals surface area contributed by atoms with Gasteiger partial charge in [0.15, 0.2) is 10.7 Å². The van der Waals surface area contributed by atoms with Crippen LogP contribution in [0.4, 0.5) is 28.4 Å². The Morgan fingerprint density at radius 2 is 1.25 bits per heavy atom. The standard InChI is InChI=1S/C26H19N3O4.C15H13N3O2/c1-16-12-22(23(33-2)14-21(16)27-26(32)17-8-4-3-5-9-17)28-29-24-20-11-7-6-10-18(20)13-19(15-30)25(24)31;1-10-8-13(18-16)14(20-2)9-12(10)17-15(19)11-6-4-3-5-7-11/h3-14H,1-2H3,(H-,27,28,29,30,31,32);3-9H,1-2H3/p+2. The van der Waals surface area contributed by atoms with E-state index >= 15 is 0 Å². The van der Waals surface area contributed by atoms with E-state index in [9.17, 15) is 19.5 Å². The van der Waals surface area contributed by atoms with E-state index in [2.05, 4.69) is 25.8 Å². The smallest absolute Gasteiger partial charge is 0.426 e. The molecule has 0 heterocycles. The zero-order valence-corrected chi connectivity index (χ0v) is 29.2. The Bertz CT molecular complexity index is 2370. The molecular formula is C41H34N6O6+2. The Kier molecular flexibility index (Phi) is 11.8. The van der Waals surface area contributed by atoms with Gasteiger partial charge in [-0.3, -0.25) is 9.59 Å². The molecule has 3 N–H and O–H groups in total. The van der Waals surface area contributed by atoms with E-state index in [1.807, 2.05) is 38.1 Å². The fourth-order valence-electron chi connectivity index (χ4n) is 5.27. The summed E-state index contributed by atoms with van der Waals surface area (Å²) in [5.41, 5.74) is 4.71. The maximum Gasteiger partial charge on any atom is 0.426 e. The van der Waals surface area contributed by atoms with Crippen LogP contribution in [0.1, 0.15) is 37.4 Å². The summed E-state index contributed by atoms with van der Waals surface area (Å²) in [5, 5.41) is 34.9. The SMILES string of the molecule is COc1cc(NC(=O)c2ccccc2)c(C)cc1N=Nc1c(O)c([C+]=O)cc2ccccc12.COc1cc(NC(=O)c2ccccc2)c(C)cc1[N+]#N. The van der Waals surface area contributed by atoms with Gasteiger partial charge in [-0.05, 0) is 67.4 Å². The number of carbonyl (C=O) groups excluding carboxylic acids is 3. The fourth-order valence-corrected chi connectivity index (χ4v) is 5.27. The predicted molar refractivity (Wildman–Crippen MR) is 204 cm³/mol. The molecule has 0 radical (unpaired) electrons. The molecule has 6 aromatic rings. The lowest BCUT2D eigenvalue weighted by atomic mass is 10.0. The van der Waals surface area contributed by atoms with Crippen molar-refractivity contribution in [2.45, 2.75) is 13.8 Å². The number of anilines is 2. The Morgan fingerprint density at radius 3 is 1.79 bits per heavy atom. The summed E-state index contributed by atoms with van der Waals surface area (Å²) >= 11 is 0. The number of fused-ring (bicyclic) bond motifs is 1.